The lowest BCUT2D eigenvalue weighted by molar-refractivity contribution is 0.164. The van der Waals surface area contributed by atoms with Crippen LogP contribution in [0.25, 0.3) is 0 Å². The molecule has 1 aliphatic carbocycles. The lowest BCUT2D eigenvalue weighted by Crippen LogP contribution is -2.48. The molecule has 2 rings (SSSR count). The van der Waals surface area contributed by atoms with E-state index in [2.05, 4.69) is 6.92 Å². The highest BCUT2D eigenvalue weighted by Gasteiger charge is 2.42. The van der Waals surface area contributed by atoms with Gasteiger partial charge in [-0.1, -0.05) is 36.2 Å². The van der Waals surface area contributed by atoms with E-state index in [1.807, 2.05) is 18.2 Å². The molecule has 0 aliphatic heterocycles. The van der Waals surface area contributed by atoms with Crippen LogP contribution in [0.1, 0.15) is 25.3 Å². The summed E-state index contributed by atoms with van der Waals surface area (Å²) in [5, 5.41) is 1.37. The average Bonchev–Trinajstić information content (AvgIpc) is 2.00. The number of halogens is 2. The quantitative estimate of drug-likeness (QED) is 0.783. The molecule has 1 aliphatic rings. The lowest BCUT2D eigenvalue weighted by Gasteiger charge is -2.44. The van der Waals surface area contributed by atoms with Crippen molar-refractivity contribution in [3.63, 3.8) is 0 Å². The molecule has 3 heteroatoms. The molecule has 0 saturated heterocycles. The third-order valence-electron chi connectivity index (χ3n) is 2.89. The van der Waals surface area contributed by atoms with Crippen LogP contribution >= 0.6 is 23.2 Å². The Kier molecular flexibility index (Phi) is 2.50. The molecule has 0 bridgehead atoms. The summed E-state index contributed by atoms with van der Waals surface area (Å²) in [4.78, 5) is 0. The molecular formula is C11H13Cl2N. The zero-order valence-electron chi connectivity index (χ0n) is 8.06. The maximum Gasteiger partial charge on any atom is 0.0471 e. The highest BCUT2D eigenvalue weighted by Crippen LogP contribution is 2.47. The average molecular weight is 230 g/mol. The van der Waals surface area contributed by atoms with Gasteiger partial charge in [0.05, 0.1) is 0 Å². The summed E-state index contributed by atoms with van der Waals surface area (Å²) in [7, 11) is 0. The molecule has 1 fully saturated rings. The van der Waals surface area contributed by atoms with Crippen molar-refractivity contribution in [2.75, 3.05) is 0 Å². The monoisotopic (exact) mass is 229 g/mol. The van der Waals surface area contributed by atoms with Gasteiger partial charge >= 0.3 is 0 Å². The minimum absolute atomic E-state index is 0.297. The van der Waals surface area contributed by atoms with E-state index in [-0.39, 0.29) is 5.54 Å². The Hall–Kier alpha value is -0.240. The van der Waals surface area contributed by atoms with Gasteiger partial charge in [0.25, 0.3) is 0 Å². The van der Waals surface area contributed by atoms with Crippen molar-refractivity contribution in [2.24, 2.45) is 11.7 Å². The van der Waals surface area contributed by atoms with Crippen LogP contribution < -0.4 is 5.73 Å². The molecule has 0 heterocycles. The molecule has 0 atom stereocenters. The Morgan fingerprint density at radius 2 is 1.79 bits per heavy atom. The van der Waals surface area contributed by atoms with Gasteiger partial charge in [0.1, 0.15) is 0 Å². The molecule has 1 aromatic rings. The summed E-state index contributed by atoms with van der Waals surface area (Å²) in [6.45, 7) is 2.19. The van der Waals surface area contributed by atoms with Gasteiger partial charge in [-0.15, -0.1) is 0 Å². The van der Waals surface area contributed by atoms with Crippen LogP contribution in [0.5, 0.6) is 0 Å². The molecule has 76 valence electrons. The summed E-state index contributed by atoms with van der Waals surface area (Å²) in [6.07, 6.45) is 1.94. The number of rotatable bonds is 1. The first-order valence-corrected chi connectivity index (χ1v) is 5.52. The fourth-order valence-corrected chi connectivity index (χ4v) is 3.14. The Morgan fingerprint density at radius 1 is 1.29 bits per heavy atom. The van der Waals surface area contributed by atoms with Gasteiger partial charge in [-0.2, -0.15) is 0 Å². The first-order valence-electron chi connectivity index (χ1n) is 4.76. The second-order valence-electron chi connectivity index (χ2n) is 4.27. The third-order valence-corrected chi connectivity index (χ3v) is 3.52. The van der Waals surface area contributed by atoms with E-state index >= 15 is 0 Å². The van der Waals surface area contributed by atoms with Crippen molar-refractivity contribution < 1.29 is 0 Å². The van der Waals surface area contributed by atoms with Crippen molar-refractivity contribution in [3.05, 3.63) is 33.8 Å². The van der Waals surface area contributed by atoms with Gasteiger partial charge in [0.2, 0.25) is 0 Å². The van der Waals surface area contributed by atoms with Gasteiger partial charge < -0.3 is 5.73 Å². The molecule has 0 spiro atoms. The Balaban J connectivity index is 2.41. The number of hydrogen-bond acceptors (Lipinski definition) is 1. The van der Waals surface area contributed by atoms with Gasteiger partial charge in [0, 0.05) is 21.1 Å². The molecule has 1 saturated carbocycles. The Morgan fingerprint density at radius 3 is 2.21 bits per heavy atom. The minimum atomic E-state index is -0.297. The molecule has 0 unspecified atom stereocenters. The fraction of sp³-hybridized carbons (Fsp3) is 0.455. The molecule has 0 radical (unpaired) electrons. The van der Waals surface area contributed by atoms with E-state index in [9.17, 15) is 0 Å². The van der Waals surface area contributed by atoms with Crippen molar-refractivity contribution in [1.82, 2.24) is 0 Å². The van der Waals surface area contributed by atoms with Crippen LogP contribution in [-0.4, -0.2) is 0 Å². The summed E-state index contributed by atoms with van der Waals surface area (Å²) in [5.74, 6) is 0.673. The molecule has 1 aromatic carbocycles. The van der Waals surface area contributed by atoms with Gasteiger partial charge in [0.15, 0.2) is 0 Å². The van der Waals surface area contributed by atoms with Crippen LogP contribution in [0, 0.1) is 5.92 Å². The second-order valence-corrected chi connectivity index (χ2v) is 5.08. The van der Waals surface area contributed by atoms with E-state index in [1.54, 1.807) is 0 Å². The van der Waals surface area contributed by atoms with Crippen molar-refractivity contribution in [3.8, 4) is 0 Å². The van der Waals surface area contributed by atoms with E-state index in [0.29, 0.717) is 16.0 Å². The maximum atomic E-state index is 6.25. The van der Waals surface area contributed by atoms with Gasteiger partial charge in [-0.05, 0) is 30.9 Å². The highest BCUT2D eigenvalue weighted by atomic mass is 35.5. The van der Waals surface area contributed by atoms with E-state index in [4.69, 9.17) is 28.9 Å². The van der Waals surface area contributed by atoms with Crippen LogP contribution in [0.3, 0.4) is 0 Å². The van der Waals surface area contributed by atoms with Crippen LogP contribution in [-0.2, 0) is 5.54 Å². The van der Waals surface area contributed by atoms with Crippen molar-refractivity contribution >= 4 is 23.2 Å². The predicted octanol–water partition coefficient (Wildman–Crippen LogP) is 3.58. The molecule has 0 amide bonds. The molecule has 0 aromatic heterocycles. The van der Waals surface area contributed by atoms with Gasteiger partial charge in [-0.3, -0.25) is 0 Å². The summed E-state index contributed by atoms with van der Waals surface area (Å²) in [5.41, 5.74) is 6.87. The lowest BCUT2D eigenvalue weighted by atomic mass is 9.66. The van der Waals surface area contributed by atoms with Crippen molar-refractivity contribution in [2.45, 2.75) is 25.3 Å². The highest BCUT2D eigenvalue weighted by molar-refractivity contribution is 6.36. The summed E-state index contributed by atoms with van der Waals surface area (Å²) in [6, 6.07) is 5.54. The molecule has 14 heavy (non-hydrogen) atoms. The third kappa shape index (κ3) is 1.54. The molecule has 1 nitrogen and oxygen atoms in total. The van der Waals surface area contributed by atoms with Crippen LogP contribution in [0.2, 0.25) is 10.0 Å². The minimum Gasteiger partial charge on any atom is -0.321 e. The fourth-order valence-electron chi connectivity index (χ4n) is 2.36. The summed E-state index contributed by atoms with van der Waals surface area (Å²) >= 11 is 12.2. The van der Waals surface area contributed by atoms with Crippen LogP contribution in [0.4, 0.5) is 0 Å². The first kappa shape index (κ1) is 10.3. The Labute approximate surface area is 94.2 Å². The molecular weight excluding hydrogens is 217 g/mol. The zero-order chi connectivity index (χ0) is 10.3. The number of nitrogens with two attached hydrogens (primary N) is 1. The second kappa shape index (κ2) is 3.41. The maximum absolute atomic E-state index is 6.25. The normalized spacial score (nSPS) is 31.3. The van der Waals surface area contributed by atoms with Crippen molar-refractivity contribution in [1.29, 1.82) is 0 Å². The summed E-state index contributed by atoms with van der Waals surface area (Å²) < 4.78 is 0. The van der Waals surface area contributed by atoms with Gasteiger partial charge in [-0.25, -0.2) is 0 Å². The predicted molar refractivity (Wildman–Crippen MR) is 60.7 cm³/mol. The topological polar surface area (TPSA) is 26.0 Å². The first-order chi connectivity index (χ1) is 6.53. The number of hydrogen-bond donors (Lipinski definition) is 1. The standard InChI is InChI=1S/C11H13Cl2N/c1-7-5-11(14,6-7)10-8(12)3-2-4-9(10)13/h2-4,7H,5-6,14H2,1H3. The van der Waals surface area contributed by atoms with E-state index in [1.165, 1.54) is 0 Å². The zero-order valence-corrected chi connectivity index (χ0v) is 9.57. The van der Waals surface area contributed by atoms with E-state index in [0.717, 1.165) is 18.4 Å². The number of benzene rings is 1. The smallest absolute Gasteiger partial charge is 0.0471 e. The largest absolute Gasteiger partial charge is 0.321 e. The Bertz CT molecular complexity index is 336. The molecule has 2 N–H and O–H groups in total. The van der Waals surface area contributed by atoms with E-state index < -0.39 is 0 Å². The SMILES string of the molecule is CC1CC(N)(c2c(Cl)cccc2Cl)C1. The van der Waals surface area contributed by atoms with Crippen LogP contribution in [0.15, 0.2) is 18.2 Å².